The van der Waals surface area contributed by atoms with Gasteiger partial charge in [-0.2, -0.15) is 0 Å². The van der Waals surface area contributed by atoms with Gasteiger partial charge in [0.1, 0.15) is 16.4 Å². The molecule has 2 N–H and O–H groups in total. The molecule has 114 valence electrons. The first kappa shape index (κ1) is 14.8. The van der Waals surface area contributed by atoms with Crippen LogP contribution in [0.15, 0.2) is 54.3 Å². The molecule has 8 heteroatoms. The Hall–Kier alpha value is -3.13. The molecule has 0 aromatic carbocycles. The summed E-state index contributed by atoms with van der Waals surface area (Å²) in [5.41, 5.74) is 5.93. The average Bonchev–Trinajstić information content (AvgIpc) is 3.11. The fourth-order valence-corrected chi connectivity index (χ4v) is 2.55. The SMILES string of the molecule is O=C(NNC(=O)c1csc(-c2ccncc2)n1)c1ccccn1. The minimum absolute atomic E-state index is 0.212. The van der Waals surface area contributed by atoms with Crippen molar-refractivity contribution < 1.29 is 9.59 Å². The van der Waals surface area contributed by atoms with Crippen LogP contribution in [-0.2, 0) is 0 Å². The normalized spacial score (nSPS) is 10.1. The quantitative estimate of drug-likeness (QED) is 0.714. The number of nitrogens with zero attached hydrogens (tertiary/aromatic N) is 3. The number of pyridine rings is 2. The van der Waals surface area contributed by atoms with E-state index in [4.69, 9.17) is 0 Å². The largest absolute Gasteiger partial charge is 0.289 e. The van der Waals surface area contributed by atoms with E-state index in [0.717, 1.165) is 5.56 Å². The number of aromatic nitrogens is 3. The third-order valence-corrected chi connectivity index (χ3v) is 3.74. The fourth-order valence-electron chi connectivity index (χ4n) is 1.74. The summed E-state index contributed by atoms with van der Waals surface area (Å²) in [4.78, 5) is 35.9. The van der Waals surface area contributed by atoms with E-state index in [2.05, 4.69) is 25.8 Å². The molecular weight excluding hydrogens is 314 g/mol. The van der Waals surface area contributed by atoms with Gasteiger partial charge in [0.05, 0.1) is 0 Å². The highest BCUT2D eigenvalue weighted by Crippen LogP contribution is 2.22. The van der Waals surface area contributed by atoms with E-state index in [1.807, 2.05) is 12.1 Å². The Morgan fingerprint density at radius 2 is 1.65 bits per heavy atom. The van der Waals surface area contributed by atoms with Crippen LogP contribution in [0.5, 0.6) is 0 Å². The zero-order valence-corrected chi connectivity index (χ0v) is 12.6. The number of hydrogen-bond acceptors (Lipinski definition) is 6. The zero-order valence-electron chi connectivity index (χ0n) is 11.8. The molecule has 0 aliphatic rings. The highest BCUT2D eigenvalue weighted by atomic mass is 32.1. The van der Waals surface area contributed by atoms with Crippen molar-refractivity contribution in [1.82, 2.24) is 25.8 Å². The van der Waals surface area contributed by atoms with Crippen molar-refractivity contribution in [3.05, 3.63) is 65.7 Å². The number of rotatable bonds is 3. The molecule has 3 aromatic heterocycles. The Kier molecular flexibility index (Phi) is 4.34. The van der Waals surface area contributed by atoms with Gasteiger partial charge < -0.3 is 0 Å². The Labute approximate surface area is 135 Å². The summed E-state index contributed by atoms with van der Waals surface area (Å²) in [6.45, 7) is 0. The number of hydrogen-bond donors (Lipinski definition) is 2. The molecule has 3 aromatic rings. The van der Waals surface area contributed by atoms with E-state index >= 15 is 0 Å². The molecule has 0 bridgehead atoms. The molecule has 0 aliphatic heterocycles. The smallest absolute Gasteiger partial charge is 0.266 e. The van der Waals surface area contributed by atoms with Gasteiger partial charge in [-0.3, -0.25) is 30.4 Å². The lowest BCUT2D eigenvalue weighted by molar-refractivity contribution is 0.0841. The number of amides is 2. The van der Waals surface area contributed by atoms with E-state index in [9.17, 15) is 9.59 Å². The van der Waals surface area contributed by atoms with Crippen LogP contribution in [0.4, 0.5) is 0 Å². The van der Waals surface area contributed by atoms with Crippen molar-refractivity contribution in [2.45, 2.75) is 0 Å². The van der Waals surface area contributed by atoms with Crippen LogP contribution in [0.3, 0.4) is 0 Å². The van der Waals surface area contributed by atoms with Gasteiger partial charge >= 0.3 is 0 Å². The maximum absolute atomic E-state index is 12.0. The lowest BCUT2D eigenvalue weighted by atomic mass is 10.3. The lowest BCUT2D eigenvalue weighted by Gasteiger charge is -2.04. The van der Waals surface area contributed by atoms with Crippen LogP contribution in [0.1, 0.15) is 21.0 Å². The molecule has 0 unspecified atom stereocenters. The van der Waals surface area contributed by atoms with Crippen LogP contribution in [0, 0.1) is 0 Å². The predicted molar refractivity (Wildman–Crippen MR) is 84.5 cm³/mol. The standard InChI is InChI=1S/C15H11N5O2S/c21-13(11-3-1-2-6-17-11)19-20-14(22)12-9-23-15(18-12)10-4-7-16-8-5-10/h1-9H,(H,19,21)(H,20,22). The van der Waals surface area contributed by atoms with Crippen molar-refractivity contribution >= 4 is 23.2 Å². The zero-order chi connectivity index (χ0) is 16.1. The monoisotopic (exact) mass is 325 g/mol. The molecule has 3 heterocycles. The van der Waals surface area contributed by atoms with E-state index in [-0.39, 0.29) is 11.4 Å². The van der Waals surface area contributed by atoms with E-state index in [1.165, 1.54) is 17.5 Å². The molecule has 0 radical (unpaired) electrons. The molecule has 2 amide bonds. The third kappa shape index (κ3) is 3.55. The second kappa shape index (κ2) is 6.75. The maximum Gasteiger partial charge on any atom is 0.289 e. The summed E-state index contributed by atoms with van der Waals surface area (Å²) < 4.78 is 0. The predicted octanol–water partition coefficient (Wildman–Crippen LogP) is 1.67. The minimum atomic E-state index is -0.497. The Morgan fingerprint density at radius 3 is 2.35 bits per heavy atom. The average molecular weight is 325 g/mol. The first-order valence-electron chi connectivity index (χ1n) is 6.61. The highest BCUT2D eigenvalue weighted by Gasteiger charge is 2.13. The van der Waals surface area contributed by atoms with Crippen LogP contribution >= 0.6 is 11.3 Å². The molecule has 0 spiro atoms. The number of thiazole rings is 1. The molecule has 0 atom stereocenters. The lowest BCUT2D eigenvalue weighted by Crippen LogP contribution is -2.42. The summed E-state index contributed by atoms with van der Waals surface area (Å²) in [5.74, 6) is -0.991. The molecular formula is C15H11N5O2S. The molecule has 0 aliphatic carbocycles. The van der Waals surface area contributed by atoms with Gasteiger partial charge in [-0.1, -0.05) is 6.07 Å². The molecule has 23 heavy (non-hydrogen) atoms. The highest BCUT2D eigenvalue weighted by molar-refractivity contribution is 7.13. The van der Waals surface area contributed by atoms with Gasteiger partial charge in [-0.15, -0.1) is 11.3 Å². The van der Waals surface area contributed by atoms with Gasteiger partial charge in [-0.25, -0.2) is 4.98 Å². The first-order valence-corrected chi connectivity index (χ1v) is 7.49. The second-order valence-corrected chi connectivity index (χ2v) is 5.26. The third-order valence-electron chi connectivity index (χ3n) is 2.85. The Balaban J connectivity index is 1.63. The first-order chi connectivity index (χ1) is 11.2. The van der Waals surface area contributed by atoms with Crippen LogP contribution in [0.25, 0.3) is 10.6 Å². The fraction of sp³-hybridized carbons (Fsp3) is 0. The number of carbonyl (C=O) groups is 2. The van der Waals surface area contributed by atoms with Crippen molar-refractivity contribution in [1.29, 1.82) is 0 Å². The number of nitrogens with one attached hydrogen (secondary N) is 2. The van der Waals surface area contributed by atoms with Crippen LogP contribution in [0.2, 0.25) is 0 Å². The van der Waals surface area contributed by atoms with E-state index in [1.54, 1.807) is 36.0 Å². The Morgan fingerprint density at radius 1 is 0.913 bits per heavy atom. The Bertz CT molecular complexity index is 820. The van der Waals surface area contributed by atoms with Crippen LogP contribution < -0.4 is 10.9 Å². The topological polar surface area (TPSA) is 96.9 Å². The molecule has 0 saturated heterocycles. The van der Waals surface area contributed by atoms with Gasteiger partial charge in [0.15, 0.2) is 0 Å². The molecule has 7 nitrogen and oxygen atoms in total. The summed E-state index contributed by atoms with van der Waals surface area (Å²) >= 11 is 1.34. The van der Waals surface area contributed by atoms with E-state index in [0.29, 0.717) is 5.01 Å². The summed E-state index contributed by atoms with van der Waals surface area (Å²) in [6.07, 6.45) is 4.81. The maximum atomic E-state index is 12.0. The van der Waals surface area contributed by atoms with Crippen molar-refractivity contribution in [2.75, 3.05) is 0 Å². The molecule has 3 rings (SSSR count). The van der Waals surface area contributed by atoms with Gasteiger partial charge in [-0.05, 0) is 24.3 Å². The van der Waals surface area contributed by atoms with Gasteiger partial charge in [0.25, 0.3) is 11.8 Å². The van der Waals surface area contributed by atoms with Gasteiger partial charge in [0.2, 0.25) is 0 Å². The second-order valence-electron chi connectivity index (χ2n) is 4.40. The van der Waals surface area contributed by atoms with Gasteiger partial charge in [0, 0.05) is 29.5 Å². The summed E-state index contributed by atoms with van der Waals surface area (Å²) in [6, 6.07) is 8.55. The van der Waals surface area contributed by atoms with Crippen molar-refractivity contribution in [2.24, 2.45) is 0 Å². The molecule has 0 saturated carbocycles. The number of carbonyl (C=O) groups excluding carboxylic acids is 2. The number of hydrazine groups is 1. The van der Waals surface area contributed by atoms with Crippen LogP contribution in [-0.4, -0.2) is 26.8 Å². The van der Waals surface area contributed by atoms with Crippen molar-refractivity contribution in [3.63, 3.8) is 0 Å². The van der Waals surface area contributed by atoms with Crippen molar-refractivity contribution in [3.8, 4) is 10.6 Å². The summed E-state index contributed by atoms with van der Waals surface area (Å²) in [7, 11) is 0. The summed E-state index contributed by atoms with van der Waals surface area (Å²) in [5, 5.41) is 2.33. The minimum Gasteiger partial charge on any atom is -0.266 e. The molecule has 0 fully saturated rings. The van der Waals surface area contributed by atoms with E-state index < -0.39 is 11.8 Å².